The van der Waals surface area contributed by atoms with E-state index < -0.39 is 0 Å². The Balaban J connectivity index is 1.97. The molecular weight excluding hydrogens is 330 g/mol. The van der Waals surface area contributed by atoms with Gasteiger partial charge in [0.25, 0.3) is 5.91 Å². The first kappa shape index (κ1) is 13.8. The number of halogens is 1. The lowest BCUT2D eigenvalue weighted by Crippen LogP contribution is -2.16. The van der Waals surface area contributed by atoms with Crippen LogP contribution in [0.1, 0.15) is 17.4 Å². The number of anilines is 1. The Morgan fingerprint density at radius 2 is 2.19 bits per heavy atom. The largest absolute Gasteiger partial charge is 0.344 e. The third kappa shape index (κ3) is 2.69. The molecule has 0 radical (unpaired) electrons. The van der Waals surface area contributed by atoms with E-state index in [1.807, 2.05) is 54.1 Å². The summed E-state index contributed by atoms with van der Waals surface area (Å²) >= 11 is 3.41. The lowest BCUT2D eigenvalue weighted by Gasteiger charge is -2.10. The van der Waals surface area contributed by atoms with Crippen LogP contribution in [-0.2, 0) is 6.54 Å². The maximum Gasteiger partial charge on any atom is 0.272 e. The van der Waals surface area contributed by atoms with Gasteiger partial charge in [0, 0.05) is 28.8 Å². The van der Waals surface area contributed by atoms with E-state index in [4.69, 9.17) is 0 Å². The van der Waals surface area contributed by atoms with E-state index in [1.54, 1.807) is 6.20 Å². The molecule has 1 amide bonds. The van der Waals surface area contributed by atoms with Gasteiger partial charge in [-0.1, -0.05) is 12.1 Å². The molecule has 1 aromatic carbocycles. The number of fused-ring (bicyclic) bond motifs is 1. The highest BCUT2D eigenvalue weighted by Gasteiger charge is 2.12. The Morgan fingerprint density at radius 1 is 1.33 bits per heavy atom. The molecule has 3 rings (SSSR count). The number of benzene rings is 1. The molecule has 3 aromatic rings. The van der Waals surface area contributed by atoms with Gasteiger partial charge in [-0.05, 0) is 47.1 Å². The van der Waals surface area contributed by atoms with Gasteiger partial charge in [0.1, 0.15) is 5.69 Å². The molecule has 0 aliphatic carbocycles. The first-order valence-corrected chi connectivity index (χ1v) is 7.49. The van der Waals surface area contributed by atoms with Gasteiger partial charge in [-0.15, -0.1) is 0 Å². The van der Waals surface area contributed by atoms with E-state index in [0.717, 1.165) is 21.9 Å². The molecule has 5 heteroatoms. The van der Waals surface area contributed by atoms with Crippen molar-refractivity contribution >= 4 is 38.4 Å². The van der Waals surface area contributed by atoms with E-state index in [2.05, 4.69) is 26.2 Å². The van der Waals surface area contributed by atoms with Crippen molar-refractivity contribution < 1.29 is 4.79 Å². The zero-order valence-corrected chi connectivity index (χ0v) is 13.1. The average Bonchev–Trinajstić information content (AvgIpc) is 2.95. The van der Waals surface area contributed by atoms with Gasteiger partial charge in [0.15, 0.2) is 0 Å². The highest BCUT2D eigenvalue weighted by molar-refractivity contribution is 9.10. The van der Waals surface area contributed by atoms with Crippen LogP contribution in [0.3, 0.4) is 0 Å². The topological polar surface area (TPSA) is 46.9 Å². The van der Waals surface area contributed by atoms with Gasteiger partial charge in [-0.3, -0.25) is 9.78 Å². The second-order valence-corrected chi connectivity index (χ2v) is 5.58. The summed E-state index contributed by atoms with van der Waals surface area (Å²) in [5, 5.41) is 3.92. The van der Waals surface area contributed by atoms with E-state index in [0.29, 0.717) is 11.4 Å². The van der Waals surface area contributed by atoms with E-state index in [1.165, 1.54) is 0 Å². The lowest BCUT2D eigenvalue weighted by atomic mass is 10.2. The van der Waals surface area contributed by atoms with E-state index in [-0.39, 0.29) is 5.91 Å². The molecule has 1 N–H and O–H groups in total. The highest BCUT2D eigenvalue weighted by atomic mass is 79.9. The molecule has 0 saturated carbocycles. The number of amides is 1. The SMILES string of the molecule is CCn1cccc1C(=O)Nc1cccc2cc(Br)cnc12. The minimum atomic E-state index is -0.126. The molecule has 0 atom stereocenters. The lowest BCUT2D eigenvalue weighted by molar-refractivity contribution is 0.101. The van der Waals surface area contributed by atoms with E-state index in [9.17, 15) is 4.79 Å². The molecule has 2 aromatic heterocycles. The second kappa shape index (κ2) is 5.69. The fraction of sp³-hybridized carbons (Fsp3) is 0.125. The Bertz CT molecular complexity index is 810. The number of hydrogen-bond donors (Lipinski definition) is 1. The van der Waals surface area contributed by atoms with Crippen LogP contribution < -0.4 is 5.32 Å². The Labute approximate surface area is 130 Å². The van der Waals surface area contributed by atoms with Crippen LogP contribution in [-0.4, -0.2) is 15.5 Å². The number of carbonyl (C=O) groups excluding carboxylic acids is 1. The molecule has 106 valence electrons. The van der Waals surface area contributed by atoms with Crippen molar-refractivity contribution in [2.45, 2.75) is 13.5 Å². The number of carbonyl (C=O) groups is 1. The predicted octanol–water partition coefficient (Wildman–Crippen LogP) is 4.07. The number of pyridine rings is 1. The molecule has 2 heterocycles. The third-order valence-electron chi connectivity index (χ3n) is 3.33. The number of nitrogens with zero attached hydrogens (tertiary/aromatic N) is 2. The molecule has 21 heavy (non-hydrogen) atoms. The van der Waals surface area contributed by atoms with Crippen molar-refractivity contribution in [1.82, 2.24) is 9.55 Å². The minimum absolute atomic E-state index is 0.126. The van der Waals surface area contributed by atoms with Crippen LogP contribution in [0.4, 0.5) is 5.69 Å². The predicted molar refractivity (Wildman–Crippen MR) is 87.5 cm³/mol. The summed E-state index contributed by atoms with van der Waals surface area (Å²) in [6.07, 6.45) is 3.63. The normalized spacial score (nSPS) is 10.8. The number of rotatable bonds is 3. The summed E-state index contributed by atoms with van der Waals surface area (Å²) in [6, 6.07) is 11.4. The Morgan fingerprint density at radius 3 is 3.00 bits per heavy atom. The summed E-state index contributed by atoms with van der Waals surface area (Å²) in [7, 11) is 0. The highest BCUT2D eigenvalue weighted by Crippen LogP contribution is 2.24. The number of aromatic nitrogens is 2. The van der Waals surface area contributed by atoms with E-state index >= 15 is 0 Å². The van der Waals surface area contributed by atoms with Crippen molar-refractivity contribution in [3.63, 3.8) is 0 Å². The van der Waals surface area contributed by atoms with Crippen LogP contribution in [0.5, 0.6) is 0 Å². The van der Waals surface area contributed by atoms with Crippen molar-refractivity contribution in [1.29, 1.82) is 0 Å². The standard InChI is InChI=1S/C16H14BrN3O/c1-2-20-8-4-7-14(20)16(21)19-13-6-3-5-11-9-12(17)10-18-15(11)13/h3-10H,2H2,1H3,(H,19,21). The summed E-state index contributed by atoms with van der Waals surface area (Å²) < 4.78 is 2.82. The summed E-state index contributed by atoms with van der Waals surface area (Å²) in [5.74, 6) is -0.126. The van der Waals surface area contributed by atoms with Crippen LogP contribution >= 0.6 is 15.9 Å². The van der Waals surface area contributed by atoms with Crippen LogP contribution in [0.25, 0.3) is 10.9 Å². The summed E-state index contributed by atoms with van der Waals surface area (Å²) in [4.78, 5) is 16.8. The molecule has 0 bridgehead atoms. The fourth-order valence-corrected chi connectivity index (χ4v) is 2.67. The van der Waals surface area contributed by atoms with Crippen LogP contribution in [0.2, 0.25) is 0 Å². The number of para-hydroxylation sites is 1. The Kier molecular flexibility index (Phi) is 3.75. The zero-order valence-electron chi connectivity index (χ0n) is 11.5. The van der Waals surface area contributed by atoms with Crippen LogP contribution in [0.15, 0.2) is 53.3 Å². The average molecular weight is 344 g/mol. The van der Waals surface area contributed by atoms with Gasteiger partial charge < -0.3 is 9.88 Å². The fourth-order valence-electron chi connectivity index (χ4n) is 2.32. The molecule has 0 saturated heterocycles. The molecule has 4 nitrogen and oxygen atoms in total. The van der Waals surface area contributed by atoms with Crippen molar-refractivity contribution in [3.05, 3.63) is 59.0 Å². The maximum absolute atomic E-state index is 12.4. The quantitative estimate of drug-likeness (QED) is 0.779. The van der Waals surface area contributed by atoms with Gasteiger partial charge in [0.2, 0.25) is 0 Å². The van der Waals surface area contributed by atoms with Crippen molar-refractivity contribution in [3.8, 4) is 0 Å². The third-order valence-corrected chi connectivity index (χ3v) is 3.76. The van der Waals surface area contributed by atoms with Crippen LogP contribution in [0, 0.1) is 0 Å². The number of nitrogens with one attached hydrogen (secondary N) is 1. The second-order valence-electron chi connectivity index (χ2n) is 4.66. The summed E-state index contributed by atoms with van der Waals surface area (Å²) in [5.41, 5.74) is 2.14. The maximum atomic E-state index is 12.4. The molecule has 0 fully saturated rings. The van der Waals surface area contributed by atoms with Crippen molar-refractivity contribution in [2.75, 3.05) is 5.32 Å². The van der Waals surface area contributed by atoms with Gasteiger partial charge in [0.05, 0.1) is 11.2 Å². The molecule has 0 spiro atoms. The first-order chi connectivity index (χ1) is 10.2. The van der Waals surface area contributed by atoms with Gasteiger partial charge in [-0.2, -0.15) is 0 Å². The first-order valence-electron chi connectivity index (χ1n) is 6.70. The molecule has 0 unspecified atom stereocenters. The smallest absolute Gasteiger partial charge is 0.272 e. The molecule has 0 aliphatic rings. The Hall–Kier alpha value is -2.14. The zero-order chi connectivity index (χ0) is 14.8. The van der Waals surface area contributed by atoms with Gasteiger partial charge >= 0.3 is 0 Å². The monoisotopic (exact) mass is 343 g/mol. The molecular formula is C16H14BrN3O. The summed E-state index contributed by atoms with van der Waals surface area (Å²) in [6.45, 7) is 2.77. The number of hydrogen-bond acceptors (Lipinski definition) is 2. The minimum Gasteiger partial charge on any atom is -0.344 e. The molecule has 0 aliphatic heterocycles. The van der Waals surface area contributed by atoms with Gasteiger partial charge in [-0.25, -0.2) is 0 Å². The number of aryl methyl sites for hydroxylation is 1. The van der Waals surface area contributed by atoms with Crippen molar-refractivity contribution in [2.24, 2.45) is 0 Å².